The van der Waals surface area contributed by atoms with Crippen LogP contribution >= 0.6 is 11.6 Å². The molecule has 2 rings (SSSR count). The van der Waals surface area contributed by atoms with Gasteiger partial charge in [-0.15, -0.1) is 0 Å². The van der Waals surface area contributed by atoms with E-state index in [9.17, 15) is 0 Å². The van der Waals surface area contributed by atoms with Crippen molar-refractivity contribution in [1.29, 1.82) is 0 Å². The number of ether oxygens (including phenoxy) is 1. The normalized spacial score (nSPS) is 17.1. The standard InChI is InChI=1S/C12H17ClN2O/c13-11-1-3-12(4-2-11)16-6-5-15-8-10(7-14)9-15/h1-4,10H,5-9,14H2. The van der Waals surface area contributed by atoms with Crippen LogP contribution in [0.5, 0.6) is 5.75 Å². The lowest BCUT2D eigenvalue weighted by Crippen LogP contribution is -2.50. The molecule has 1 aromatic rings. The Morgan fingerprint density at radius 2 is 2.00 bits per heavy atom. The molecule has 0 aliphatic carbocycles. The number of hydrogen-bond acceptors (Lipinski definition) is 3. The Morgan fingerprint density at radius 1 is 1.31 bits per heavy atom. The fourth-order valence-electron chi connectivity index (χ4n) is 1.83. The van der Waals surface area contributed by atoms with Gasteiger partial charge in [-0.25, -0.2) is 0 Å². The summed E-state index contributed by atoms with van der Waals surface area (Å²) in [7, 11) is 0. The zero-order valence-corrected chi connectivity index (χ0v) is 9.99. The fraction of sp³-hybridized carbons (Fsp3) is 0.500. The molecule has 1 aliphatic heterocycles. The predicted octanol–water partition coefficient (Wildman–Crippen LogP) is 1.61. The molecule has 1 saturated heterocycles. The first kappa shape index (κ1) is 11.7. The summed E-state index contributed by atoms with van der Waals surface area (Å²) in [6.07, 6.45) is 0. The summed E-state index contributed by atoms with van der Waals surface area (Å²) in [5.41, 5.74) is 5.56. The molecule has 1 heterocycles. The van der Waals surface area contributed by atoms with E-state index < -0.39 is 0 Å². The highest BCUT2D eigenvalue weighted by molar-refractivity contribution is 6.30. The summed E-state index contributed by atoms with van der Waals surface area (Å²) in [4.78, 5) is 2.35. The number of nitrogens with two attached hydrogens (primary N) is 1. The molecule has 4 heteroatoms. The molecule has 16 heavy (non-hydrogen) atoms. The molecule has 0 unspecified atom stereocenters. The van der Waals surface area contributed by atoms with Gasteiger partial charge in [-0.1, -0.05) is 11.6 Å². The van der Waals surface area contributed by atoms with E-state index in [1.54, 1.807) is 0 Å². The van der Waals surface area contributed by atoms with E-state index in [0.29, 0.717) is 5.92 Å². The van der Waals surface area contributed by atoms with Gasteiger partial charge in [-0.2, -0.15) is 0 Å². The van der Waals surface area contributed by atoms with Crippen molar-refractivity contribution in [3.63, 3.8) is 0 Å². The molecule has 88 valence electrons. The molecule has 2 N–H and O–H groups in total. The van der Waals surface area contributed by atoms with Gasteiger partial charge in [0.25, 0.3) is 0 Å². The van der Waals surface area contributed by atoms with Crippen molar-refractivity contribution in [2.45, 2.75) is 0 Å². The third-order valence-electron chi connectivity index (χ3n) is 2.86. The Hall–Kier alpha value is -0.770. The van der Waals surface area contributed by atoms with Gasteiger partial charge in [0.2, 0.25) is 0 Å². The van der Waals surface area contributed by atoms with E-state index in [1.807, 2.05) is 24.3 Å². The summed E-state index contributed by atoms with van der Waals surface area (Å²) >= 11 is 5.78. The molecule has 0 amide bonds. The van der Waals surface area contributed by atoms with Crippen molar-refractivity contribution in [3.05, 3.63) is 29.3 Å². The highest BCUT2D eigenvalue weighted by Crippen LogP contribution is 2.16. The highest BCUT2D eigenvalue weighted by Gasteiger charge is 2.24. The largest absolute Gasteiger partial charge is 0.492 e. The minimum Gasteiger partial charge on any atom is -0.492 e. The maximum atomic E-state index is 5.78. The number of hydrogen-bond donors (Lipinski definition) is 1. The van der Waals surface area contributed by atoms with Gasteiger partial charge in [0.05, 0.1) is 0 Å². The average molecular weight is 241 g/mol. The molecule has 1 aromatic carbocycles. The average Bonchev–Trinajstić information content (AvgIpc) is 2.24. The number of nitrogens with zero attached hydrogens (tertiary/aromatic N) is 1. The summed E-state index contributed by atoms with van der Waals surface area (Å²) in [6, 6.07) is 7.46. The van der Waals surface area contributed by atoms with Crippen molar-refractivity contribution in [3.8, 4) is 5.75 Å². The molecule has 1 aliphatic rings. The third-order valence-corrected chi connectivity index (χ3v) is 3.11. The van der Waals surface area contributed by atoms with Gasteiger partial charge in [-0.3, -0.25) is 4.90 Å². The summed E-state index contributed by atoms with van der Waals surface area (Å²) < 4.78 is 5.60. The lowest BCUT2D eigenvalue weighted by Gasteiger charge is -2.38. The number of likely N-dealkylation sites (tertiary alicyclic amines) is 1. The Balaban J connectivity index is 1.63. The SMILES string of the molecule is NCC1CN(CCOc2ccc(Cl)cc2)C1. The fourth-order valence-corrected chi connectivity index (χ4v) is 1.96. The van der Waals surface area contributed by atoms with Crippen molar-refractivity contribution in [2.24, 2.45) is 11.7 Å². The van der Waals surface area contributed by atoms with Crippen LogP contribution in [-0.4, -0.2) is 37.7 Å². The van der Waals surface area contributed by atoms with Gasteiger partial charge in [-0.05, 0) is 36.7 Å². The van der Waals surface area contributed by atoms with E-state index >= 15 is 0 Å². The zero-order chi connectivity index (χ0) is 11.4. The Morgan fingerprint density at radius 3 is 2.62 bits per heavy atom. The Kier molecular flexibility index (Phi) is 4.04. The number of rotatable bonds is 5. The van der Waals surface area contributed by atoms with E-state index in [2.05, 4.69) is 4.90 Å². The van der Waals surface area contributed by atoms with Crippen LogP contribution in [-0.2, 0) is 0 Å². The predicted molar refractivity (Wildman–Crippen MR) is 65.9 cm³/mol. The molecular weight excluding hydrogens is 224 g/mol. The van der Waals surface area contributed by atoms with Gasteiger partial charge in [0.1, 0.15) is 12.4 Å². The van der Waals surface area contributed by atoms with Crippen LogP contribution in [0.15, 0.2) is 24.3 Å². The van der Waals surface area contributed by atoms with Gasteiger partial charge < -0.3 is 10.5 Å². The van der Waals surface area contributed by atoms with Crippen LogP contribution in [0.4, 0.5) is 0 Å². The third kappa shape index (κ3) is 3.11. The van der Waals surface area contributed by atoms with Gasteiger partial charge >= 0.3 is 0 Å². The van der Waals surface area contributed by atoms with Crippen LogP contribution in [0.25, 0.3) is 0 Å². The lowest BCUT2D eigenvalue weighted by atomic mass is 10.0. The first-order valence-electron chi connectivity index (χ1n) is 5.58. The highest BCUT2D eigenvalue weighted by atomic mass is 35.5. The Labute approximate surface area is 101 Å². The van der Waals surface area contributed by atoms with E-state index in [-0.39, 0.29) is 0 Å². The molecule has 0 spiro atoms. The molecule has 0 atom stereocenters. The molecule has 0 saturated carbocycles. The van der Waals surface area contributed by atoms with Crippen LogP contribution < -0.4 is 10.5 Å². The van der Waals surface area contributed by atoms with Crippen LogP contribution in [0.3, 0.4) is 0 Å². The van der Waals surface area contributed by atoms with Gasteiger partial charge in [0.15, 0.2) is 0 Å². The van der Waals surface area contributed by atoms with E-state index in [4.69, 9.17) is 22.1 Å². The van der Waals surface area contributed by atoms with Crippen LogP contribution in [0.1, 0.15) is 0 Å². The maximum Gasteiger partial charge on any atom is 0.119 e. The quantitative estimate of drug-likeness (QED) is 0.850. The maximum absolute atomic E-state index is 5.78. The topological polar surface area (TPSA) is 38.5 Å². The van der Waals surface area contributed by atoms with Crippen molar-refractivity contribution < 1.29 is 4.74 Å². The number of halogens is 1. The summed E-state index contributed by atoms with van der Waals surface area (Å²) in [6.45, 7) is 4.72. The molecular formula is C12H17ClN2O. The van der Waals surface area contributed by atoms with Crippen LogP contribution in [0.2, 0.25) is 5.02 Å². The van der Waals surface area contributed by atoms with Crippen molar-refractivity contribution in [1.82, 2.24) is 4.90 Å². The Bertz CT molecular complexity index is 322. The first-order chi connectivity index (χ1) is 7.78. The molecule has 3 nitrogen and oxygen atoms in total. The second-order valence-corrected chi connectivity index (χ2v) is 4.60. The minimum absolute atomic E-state index is 0.690. The summed E-state index contributed by atoms with van der Waals surface area (Å²) in [5, 5.41) is 0.737. The zero-order valence-electron chi connectivity index (χ0n) is 9.23. The second-order valence-electron chi connectivity index (χ2n) is 4.16. The summed E-state index contributed by atoms with van der Waals surface area (Å²) in [5.74, 6) is 1.57. The monoisotopic (exact) mass is 240 g/mol. The van der Waals surface area contributed by atoms with Crippen molar-refractivity contribution in [2.75, 3.05) is 32.8 Å². The molecule has 0 radical (unpaired) electrons. The molecule has 0 aromatic heterocycles. The smallest absolute Gasteiger partial charge is 0.119 e. The van der Waals surface area contributed by atoms with Crippen molar-refractivity contribution >= 4 is 11.6 Å². The number of benzene rings is 1. The lowest BCUT2D eigenvalue weighted by molar-refractivity contribution is 0.0875. The molecule has 1 fully saturated rings. The minimum atomic E-state index is 0.690. The first-order valence-corrected chi connectivity index (χ1v) is 5.96. The molecule has 0 bridgehead atoms. The van der Waals surface area contributed by atoms with Crippen LogP contribution in [0, 0.1) is 5.92 Å². The second kappa shape index (κ2) is 5.53. The van der Waals surface area contributed by atoms with E-state index in [1.165, 1.54) is 0 Å². The van der Waals surface area contributed by atoms with Gasteiger partial charge in [0, 0.05) is 24.7 Å². The van der Waals surface area contributed by atoms with E-state index in [0.717, 1.165) is 43.6 Å².